The van der Waals surface area contributed by atoms with Gasteiger partial charge in [0.25, 0.3) is 0 Å². The summed E-state index contributed by atoms with van der Waals surface area (Å²) in [5, 5.41) is 11.7. The largest absolute Gasteiger partial charge is 0.481 e. The Morgan fingerprint density at radius 3 is 2.55 bits per heavy atom. The number of hydrogen-bond donors (Lipinski definition) is 2. The first-order valence-electron chi connectivity index (χ1n) is 5.85. The van der Waals surface area contributed by atoms with Gasteiger partial charge in [-0.15, -0.1) is 0 Å². The molecule has 1 saturated heterocycles. The minimum Gasteiger partial charge on any atom is -0.481 e. The van der Waals surface area contributed by atoms with E-state index >= 15 is 0 Å². The Kier molecular flexibility index (Phi) is 3.79. The fraction of sp³-hybridized carbons (Fsp3) is 0.417. The van der Waals surface area contributed by atoms with Gasteiger partial charge < -0.3 is 10.4 Å². The van der Waals surface area contributed by atoms with Crippen LogP contribution in [-0.4, -0.2) is 32.3 Å². The number of carbonyl (C=O) groups is 1. The summed E-state index contributed by atoms with van der Waals surface area (Å²) in [5.41, 5.74) is -0.158. The van der Waals surface area contributed by atoms with Gasteiger partial charge in [-0.25, -0.2) is 17.2 Å². The summed E-state index contributed by atoms with van der Waals surface area (Å²) < 4.78 is 50.5. The first-order chi connectivity index (χ1) is 9.20. The van der Waals surface area contributed by atoms with Crippen LogP contribution in [-0.2, 0) is 14.6 Å². The van der Waals surface area contributed by atoms with Gasteiger partial charge in [-0.2, -0.15) is 0 Å². The molecule has 1 fully saturated rings. The lowest BCUT2D eigenvalue weighted by Gasteiger charge is -2.14. The van der Waals surface area contributed by atoms with E-state index in [1.807, 2.05) is 0 Å². The number of carboxylic acid groups (broad SMARTS) is 1. The summed E-state index contributed by atoms with van der Waals surface area (Å²) in [7, 11) is -3.90. The third kappa shape index (κ3) is 2.80. The lowest BCUT2D eigenvalue weighted by molar-refractivity contribution is -0.141. The Balaban J connectivity index is 2.44. The lowest BCUT2D eigenvalue weighted by atomic mass is 9.99. The van der Waals surface area contributed by atoms with Crippen LogP contribution in [0.2, 0.25) is 0 Å². The van der Waals surface area contributed by atoms with Gasteiger partial charge in [-0.1, -0.05) is 0 Å². The van der Waals surface area contributed by atoms with E-state index in [2.05, 4.69) is 5.32 Å². The lowest BCUT2D eigenvalue weighted by Crippen LogP contribution is -2.18. The zero-order valence-corrected chi connectivity index (χ0v) is 11.4. The van der Waals surface area contributed by atoms with Gasteiger partial charge in [-0.05, 0) is 18.6 Å². The average molecular weight is 305 g/mol. The molecule has 0 bridgehead atoms. The number of benzene rings is 1. The molecular weight excluding hydrogens is 292 g/mol. The van der Waals surface area contributed by atoms with E-state index in [0.29, 0.717) is 6.07 Å². The Labute approximate surface area is 114 Å². The second-order valence-corrected chi connectivity index (χ2v) is 6.80. The molecule has 1 aromatic rings. The average Bonchev–Trinajstić information content (AvgIpc) is 2.79. The molecule has 1 aliphatic rings. The molecule has 0 aromatic heterocycles. The molecule has 2 atom stereocenters. The maximum atomic E-state index is 14.2. The maximum Gasteiger partial charge on any atom is 0.307 e. The number of hydrogen-bond acceptors (Lipinski definition) is 4. The van der Waals surface area contributed by atoms with Crippen LogP contribution in [0.1, 0.15) is 18.0 Å². The molecule has 2 rings (SSSR count). The molecule has 1 aromatic carbocycles. The third-order valence-electron chi connectivity index (χ3n) is 3.29. The summed E-state index contributed by atoms with van der Waals surface area (Å²) in [6.45, 7) is 0.129. The van der Waals surface area contributed by atoms with Crippen LogP contribution in [0.5, 0.6) is 0 Å². The molecular formula is C12H13F2NO4S. The SMILES string of the molecule is CS(=O)(=O)c1cc(F)cc(C2CC(C(=O)O)CN2)c1F. The van der Waals surface area contributed by atoms with Crippen molar-refractivity contribution in [3.05, 3.63) is 29.3 Å². The summed E-state index contributed by atoms with van der Waals surface area (Å²) in [6, 6.07) is 0.802. The number of sulfone groups is 1. The molecule has 8 heteroatoms. The van der Waals surface area contributed by atoms with Crippen LogP contribution in [0.4, 0.5) is 8.78 Å². The molecule has 20 heavy (non-hydrogen) atoms. The molecule has 5 nitrogen and oxygen atoms in total. The van der Waals surface area contributed by atoms with Crippen molar-refractivity contribution in [2.45, 2.75) is 17.4 Å². The van der Waals surface area contributed by atoms with Crippen molar-refractivity contribution < 1.29 is 27.1 Å². The molecule has 1 heterocycles. The zero-order valence-electron chi connectivity index (χ0n) is 10.6. The predicted octanol–water partition coefficient (Wildman–Crippen LogP) is 1.10. The van der Waals surface area contributed by atoms with Gasteiger partial charge in [0.05, 0.1) is 5.92 Å². The molecule has 2 unspecified atom stereocenters. The van der Waals surface area contributed by atoms with Crippen LogP contribution in [0.3, 0.4) is 0 Å². The van der Waals surface area contributed by atoms with Gasteiger partial charge in [0.2, 0.25) is 0 Å². The number of aliphatic carboxylic acids is 1. The normalized spacial score (nSPS) is 22.9. The molecule has 0 aliphatic carbocycles. The summed E-state index contributed by atoms with van der Waals surface area (Å²) >= 11 is 0. The van der Waals surface area contributed by atoms with Crippen LogP contribution in [0.15, 0.2) is 17.0 Å². The fourth-order valence-corrected chi connectivity index (χ4v) is 3.04. The van der Waals surface area contributed by atoms with Crippen LogP contribution >= 0.6 is 0 Å². The van der Waals surface area contributed by atoms with E-state index < -0.39 is 44.3 Å². The summed E-state index contributed by atoms with van der Waals surface area (Å²) in [5.74, 6) is -3.63. The second-order valence-electron chi connectivity index (χ2n) is 4.81. The van der Waals surface area contributed by atoms with Crippen LogP contribution in [0.25, 0.3) is 0 Å². The quantitative estimate of drug-likeness (QED) is 0.874. The molecule has 2 N–H and O–H groups in total. The third-order valence-corrected chi connectivity index (χ3v) is 4.38. The predicted molar refractivity (Wildman–Crippen MR) is 66.0 cm³/mol. The van der Waals surface area contributed by atoms with E-state index in [4.69, 9.17) is 5.11 Å². The monoisotopic (exact) mass is 305 g/mol. The number of nitrogens with one attached hydrogen (secondary N) is 1. The summed E-state index contributed by atoms with van der Waals surface area (Å²) in [6.07, 6.45) is 0.871. The number of halogens is 2. The van der Waals surface area contributed by atoms with E-state index in [-0.39, 0.29) is 18.5 Å². The Bertz CT molecular complexity index is 660. The van der Waals surface area contributed by atoms with E-state index in [1.54, 1.807) is 0 Å². The molecule has 0 saturated carbocycles. The summed E-state index contributed by atoms with van der Waals surface area (Å²) in [4.78, 5) is 10.1. The van der Waals surface area contributed by atoms with Crippen molar-refractivity contribution in [3.63, 3.8) is 0 Å². The minimum atomic E-state index is -3.90. The molecule has 110 valence electrons. The number of carboxylic acids is 1. The van der Waals surface area contributed by atoms with Crippen molar-refractivity contribution in [2.24, 2.45) is 5.92 Å². The minimum absolute atomic E-state index is 0.0823. The zero-order chi connectivity index (χ0) is 15.1. The van der Waals surface area contributed by atoms with Crippen molar-refractivity contribution in [1.82, 2.24) is 5.32 Å². The maximum absolute atomic E-state index is 14.2. The first kappa shape index (κ1) is 14.9. The second kappa shape index (κ2) is 5.10. The van der Waals surface area contributed by atoms with Crippen molar-refractivity contribution in [2.75, 3.05) is 12.8 Å². The van der Waals surface area contributed by atoms with Crippen molar-refractivity contribution >= 4 is 15.8 Å². The highest BCUT2D eigenvalue weighted by Gasteiger charge is 2.33. The smallest absolute Gasteiger partial charge is 0.307 e. The van der Waals surface area contributed by atoms with Crippen molar-refractivity contribution in [1.29, 1.82) is 0 Å². The Hall–Kier alpha value is -1.54. The molecule has 0 spiro atoms. The van der Waals surface area contributed by atoms with Crippen LogP contribution in [0, 0.1) is 17.6 Å². The number of rotatable bonds is 3. The van der Waals surface area contributed by atoms with Gasteiger partial charge in [0.15, 0.2) is 9.84 Å². The molecule has 0 radical (unpaired) electrons. The van der Waals surface area contributed by atoms with Gasteiger partial charge in [-0.3, -0.25) is 4.79 Å². The Morgan fingerprint density at radius 2 is 2.05 bits per heavy atom. The van der Waals surface area contributed by atoms with Gasteiger partial charge in [0, 0.05) is 24.4 Å². The van der Waals surface area contributed by atoms with Crippen molar-refractivity contribution in [3.8, 4) is 0 Å². The topological polar surface area (TPSA) is 83.5 Å². The van der Waals surface area contributed by atoms with E-state index in [9.17, 15) is 22.0 Å². The molecule has 1 aliphatic heterocycles. The molecule has 0 amide bonds. The van der Waals surface area contributed by atoms with Gasteiger partial charge >= 0.3 is 5.97 Å². The van der Waals surface area contributed by atoms with E-state index in [0.717, 1.165) is 12.3 Å². The standard InChI is InChI=1S/C12H13F2NO4S/c1-20(18,19)10-4-7(13)3-8(11(10)14)9-2-6(5-15-9)12(16)17/h3-4,6,9,15H,2,5H2,1H3,(H,16,17). The van der Waals surface area contributed by atoms with Gasteiger partial charge in [0.1, 0.15) is 16.5 Å². The highest BCUT2D eigenvalue weighted by molar-refractivity contribution is 7.90. The fourth-order valence-electron chi connectivity index (χ4n) is 2.27. The highest BCUT2D eigenvalue weighted by atomic mass is 32.2. The van der Waals surface area contributed by atoms with E-state index in [1.165, 1.54) is 0 Å². The van der Waals surface area contributed by atoms with Crippen LogP contribution < -0.4 is 5.32 Å². The first-order valence-corrected chi connectivity index (χ1v) is 7.74. The Morgan fingerprint density at radius 1 is 1.40 bits per heavy atom. The highest BCUT2D eigenvalue weighted by Crippen LogP contribution is 2.32.